The van der Waals surface area contributed by atoms with E-state index in [0.29, 0.717) is 36.3 Å². The Hall–Kier alpha value is -3.52. The van der Waals surface area contributed by atoms with Crippen molar-refractivity contribution < 1.29 is 23.9 Å². The minimum absolute atomic E-state index is 0.0361. The summed E-state index contributed by atoms with van der Waals surface area (Å²) >= 11 is 0. The second-order valence-corrected chi connectivity index (χ2v) is 8.91. The van der Waals surface area contributed by atoms with Crippen LogP contribution >= 0.6 is 0 Å². The molecule has 0 bridgehead atoms. The Kier molecular flexibility index (Phi) is 6.03. The summed E-state index contributed by atoms with van der Waals surface area (Å²) in [6.45, 7) is 4.48. The number of likely N-dealkylation sites (N-methyl/N-ethyl adjacent to an activating group) is 1. The van der Waals surface area contributed by atoms with Crippen molar-refractivity contribution in [3.05, 3.63) is 70.5 Å². The molecule has 178 valence electrons. The van der Waals surface area contributed by atoms with Gasteiger partial charge in [0.2, 0.25) is 0 Å². The summed E-state index contributed by atoms with van der Waals surface area (Å²) in [7, 11) is 3.79. The van der Waals surface area contributed by atoms with Crippen LogP contribution in [0.5, 0.6) is 0 Å². The van der Waals surface area contributed by atoms with E-state index in [4.69, 9.17) is 0 Å². The van der Waals surface area contributed by atoms with Gasteiger partial charge in [0.25, 0.3) is 17.6 Å². The number of anilines is 1. The Morgan fingerprint density at radius 2 is 1.82 bits per heavy atom. The fourth-order valence-electron chi connectivity index (χ4n) is 4.91. The van der Waals surface area contributed by atoms with Crippen LogP contribution in [0, 0.1) is 12.7 Å². The standard InChI is InChI=1S/C26H28FN3O4/c1-5-29-20-10-7-6-9-18(20)26(25(29)34)21(22(31)17-12-11-16(2)19(27)15-17)23(32)24(33)30(26)14-8-13-28(3)4/h6-7,9-12,15,31H,5,8,13-14H2,1-4H3/b22-21+. The van der Waals surface area contributed by atoms with Crippen LogP contribution < -0.4 is 4.90 Å². The number of hydrogen-bond donors (Lipinski definition) is 1. The third-order valence-corrected chi connectivity index (χ3v) is 6.56. The van der Waals surface area contributed by atoms with Gasteiger partial charge >= 0.3 is 0 Å². The van der Waals surface area contributed by atoms with Crippen molar-refractivity contribution in [3.8, 4) is 0 Å². The highest BCUT2D eigenvalue weighted by atomic mass is 19.1. The minimum atomic E-state index is -1.81. The van der Waals surface area contributed by atoms with E-state index in [0.717, 1.165) is 6.07 Å². The van der Waals surface area contributed by atoms with Crippen molar-refractivity contribution in [2.24, 2.45) is 0 Å². The number of benzene rings is 2. The van der Waals surface area contributed by atoms with Gasteiger partial charge in [0.05, 0.1) is 11.3 Å². The number of carbonyl (C=O) groups is 3. The monoisotopic (exact) mass is 465 g/mol. The smallest absolute Gasteiger partial charge is 0.296 e. The van der Waals surface area contributed by atoms with Crippen LogP contribution in [-0.2, 0) is 19.9 Å². The molecule has 2 aliphatic heterocycles. The Morgan fingerprint density at radius 3 is 2.47 bits per heavy atom. The number of fused-ring (bicyclic) bond motifs is 2. The van der Waals surface area contributed by atoms with Gasteiger partial charge in [0, 0.05) is 24.2 Å². The summed E-state index contributed by atoms with van der Waals surface area (Å²) in [6.07, 6.45) is 0.516. The van der Waals surface area contributed by atoms with E-state index in [1.165, 1.54) is 21.9 Å². The first-order valence-electron chi connectivity index (χ1n) is 11.3. The second kappa shape index (κ2) is 8.68. The van der Waals surface area contributed by atoms with Gasteiger partial charge in [-0.2, -0.15) is 0 Å². The highest BCUT2D eigenvalue weighted by molar-refractivity contribution is 6.50. The number of hydrogen-bond acceptors (Lipinski definition) is 5. The molecule has 1 atom stereocenters. The van der Waals surface area contributed by atoms with E-state index >= 15 is 0 Å². The van der Waals surface area contributed by atoms with Gasteiger partial charge in [-0.25, -0.2) is 4.39 Å². The molecule has 4 rings (SSSR count). The normalized spacial score (nSPS) is 21.3. The molecule has 8 heteroatoms. The number of amides is 2. The maximum atomic E-state index is 14.3. The zero-order valence-electron chi connectivity index (χ0n) is 19.8. The lowest BCUT2D eigenvalue weighted by Crippen LogP contribution is -2.52. The predicted octanol–water partition coefficient (Wildman–Crippen LogP) is 3.03. The first-order valence-corrected chi connectivity index (χ1v) is 11.3. The van der Waals surface area contributed by atoms with Gasteiger partial charge in [0.15, 0.2) is 5.54 Å². The van der Waals surface area contributed by atoms with Crippen LogP contribution in [0.1, 0.15) is 30.0 Å². The average molecular weight is 466 g/mol. The van der Waals surface area contributed by atoms with E-state index in [-0.39, 0.29) is 17.7 Å². The van der Waals surface area contributed by atoms with Crippen LogP contribution in [-0.4, -0.2) is 66.2 Å². The molecule has 7 nitrogen and oxygen atoms in total. The Labute approximate surface area is 198 Å². The lowest BCUT2D eigenvalue weighted by molar-refractivity contribution is -0.143. The fourth-order valence-corrected chi connectivity index (χ4v) is 4.91. The lowest BCUT2D eigenvalue weighted by Gasteiger charge is -2.34. The molecule has 1 saturated heterocycles. The zero-order chi connectivity index (χ0) is 24.8. The number of rotatable bonds is 6. The van der Waals surface area contributed by atoms with Gasteiger partial charge in [-0.1, -0.05) is 30.3 Å². The van der Waals surface area contributed by atoms with Crippen LogP contribution in [0.25, 0.3) is 5.76 Å². The molecule has 2 aromatic carbocycles. The SMILES string of the molecule is CCN1C(=O)C2(/C(=C(/O)c3ccc(C)c(F)c3)C(=O)C(=O)N2CCCN(C)C)c2ccccc21. The van der Waals surface area contributed by atoms with Gasteiger partial charge in [-0.05, 0) is 58.6 Å². The molecule has 0 aromatic heterocycles. The predicted molar refractivity (Wildman–Crippen MR) is 127 cm³/mol. The molecule has 2 amide bonds. The van der Waals surface area contributed by atoms with E-state index in [9.17, 15) is 23.9 Å². The number of likely N-dealkylation sites (tertiary alicyclic amines) is 1. The van der Waals surface area contributed by atoms with Crippen LogP contribution in [0.15, 0.2) is 48.0 Å². The number of Topliss-reactive ketones (excluding diaryl/α,β-unsaturated/α-hetero) is 1. The van der Waals surface area contributed by atoms with E-state index in [1.54, 1.807) is 38.1 Å². The molecule has 2 aromatic rings. The molecule has 1 unspecified atom stereocenters. The zero-order valence-corrected chi connectivity index (χ0v) is 19.8. The van der Waals surface area contributed by atoms with E-state index < -0.39 is 34.7 Å². The molecular formula is C26H28FN3O4. The molecule has 0 radical (unpaired) electrons. The van der Waals surface area contributed by atoms with Crippen LogP contribution in [0.3, 0.4) is 0 Å². The maximum Gasteiger partial charge on any atom is 0.296 e. The highest BCUT2D eigenvalue weighted by Gasteiger charge is 2.66. The fraction of sp³-hybridized carbons (Fsp3) is 0.346. The molecular weight excluding hydrogens is 437 g/mol. The van der Waals surface area contributed by atoms with Crippen molar-refractivity contribution >= 4 is 29.0 Å². The Balaban J connectivity index is 2.01. The first-order chi connectivity index (χ1) is 16.2. The van der Waals surface area contributed by atoms with Crippen LogP contribution in [0.2, 0.25) is 0 Å². The van der Waals surface area contributed by atoms with Gasteiger partial charge in [0.1, 0.15) is 11.6 Å². The molecule has 2 aliphatic rings. The number of para-hydroxylation sites is 1. The molecule has 2 heterocycles. The summed E-state index contributed by atoms with van der Waals surface area (Å²) in [6, 6.07) is 11.0. The third kappa shape index (κ3) is 3.32. The maximum absolute atomic E-state index is 14.3. The number of aliphatic hydroxyl groups excluding tert-OH is 1. The number of carbonyl (C=O) groups excluding carboxylic acids is 3. The number of ketones is 1. The summed E-state index contributed by atoms with van der Waals surface area (Å²) in [5.41, 5.74) is -0.684. The molecule has 1 spiro atoms. The Bertz CT molecular complexity index is 1220. The van der Waals surface area contributed by atoms with Gasteiger partial charge in [-0.3, -0.25) is 14.4 Å². The van der Waals surface area contributed by atoms with Crippen molar-refractivity contribution in [2.45, 2.75) is 25.8 Å². The van der Waals surface area contributed by atoms with Gasteiger partial charge in [-0.15, -0.1) is 0 Å². The van der Waals surface area contributed by atoms with Crippen molar-refractivity contribution in [2.75, 3.05) is 38.6 Å². The summed E-state index contributed by atoms with van der Waals surface area (Å²) in [5.74, 6) is -3.41. The van der Waals surface area contributed by atoms with Gasteiger partial charge < -0.3 is 19.8 Å². The van der Waals surface area contributed by atoms with Crippen molar-refractivity contribution in [1.82, 2.24) is 9.80 Å². The van der Waals surface area contributed by atoms with E-state index in [1.807, 2.05) is 19.0 Å². The Morgan fingerprint density at radius 1 is 1.12 bits per heavy atom. The van der Waals surface area contributed by atoms with Crippen molar-refractivity contribution in [1.29, 1.82) is 0 Å². The second-order valence-electron chi connectivity index (χ2n) is 8.91. The number of halogens is 1. The topological polar surface area (TPSA) is 81.2 Å². The molecule has 0 aliphatic carbocycles. The largest absolute Gasteiger partial charge is 0.507 e. The van der Waals surface area contributed by atoms with Crippen LogP contribution in [0.4, 0.5) is 10.1 Å². The molecule has 0 saturated carbocycles. The first kappa shape index (κ1) is 23.6. The quantitative estimate of drug-likeness (QED) is 0.403. The summed E-state index contributed by atoms with van der Waals surface area (Å²) < 4.78 is 14.3. The van der Waals surface area contributed by atoms with E-state index in [2.05, 4.69) is 0 Å². The molecule has 34 heavy (non-hydrogen) atoms. The number of nitrogens with zero attached hydrogens (tertiary/aromatic N) is 3. The van der Waals surface area contributed by atoms with Crippen molar-refractivity contribution in [3.63, 3.8) is 0 Å². The molecule has 1 fully saturated rings. The average Bonchev–Trinajstić information content (AvgIpc) is 3.18. The summed E-state index contributed by atoms with van der Waals surface area (Å²) in [5, 5.41) is 11.3. The molecule has 1 N–H and O–H groups in total. The highest BCUT2D eigenvalue weighted by Crippen LogP contribution is 2.53. The lowest BCUT2D eigenvalue weighted by atomic mass is 9.81. The number of aryl methyl sites for hydroxylation is 1. The summed E-state index contributed by atoms with van der Waals surface area (Å²) in [4.78, 5) is 45.5. The third-order valence-electron chi connectivity index (χ3n) is 6.56. The minimum Gasteiger partial charge on any atom is -0.507 e. The number of aliphatic hydroxyl groups is 1.